The molecular weight excluding hydrogens is 112 g/mol. The third-order valence-corrected chi connectivity index (χ3v) is 1.32. The molecule has 9 heavy (non-hydrogen) atoms. The second-order valence-corrected chi connectivity index (χ2v) is 2.83. The van der Waals surface area contributed by atoms with Gasteiger partial charge in [-0.2, -0.15) is 0 Å². The lowest BCUT2D eigenvalue weighted by atomic mass is 10.1. The van der Waals surface area contributed by atoms with Crippen molar-refractivity contribution in [2.45, 2.75) is 20.3 Å². The molecule has 1 aliphatic heterocycles. The van der Waals surface area contributed by atoms with E-state index >= 15 is 0 Å². The Morgan fingerprint density at radius 1 is 1.67 bits per heavy atom. The SMILES string of the molecule is CC(C)CC1=CNCN1. The van der Waals surface area contributed by atoms with Gasteiger partial charge in [-0.25, -0.2) is 0 Å². The van der Waals surface area contributed by atoms with Gasteiger partial charge in [0.1, 0.15) is 0 Å². The molecule has 0 aromatic heterocycles. The van der Waals surface area contributed by atoms with Crippen LogP contribution in [0, 0.1) is 5.92 Å². The third-order valence-electron chi connectivity index (χ3n) is 1.32. The maximum atomic E-state index is 3.24. The molecule has 2 N–H and O–H groups in total. The van der Waals surface area contributed by atoms with Crippen LogP contribution in [0.25, 0.3) is 0 Å². The highest BCUT2D eigenvalue weighted by Gasteiger charge is 2.03. The van der Waals surface area contributed by atoms with Crippen LogP contribution in [0.15, 0.2) is 11.9 Å². The lowest BCUT2D eigenvalue weighted by Gasteiger charge is -2.04. The van der Waals surface area contributed by atoms with E-state index in [1.165, 1.54) is 5.70 Å². The first-order valence-corrected chi connectivity index (χ1v) is 3.45. The van der Waals surface area contributed by atoms with Crippen molar-refractivity contribution in [3.8, 4) is 0 Å². The van der Waals surface area contributed by atoms with Gasteiger partial charge in [-0.1, -0.05) is 13.8 Å². The quantitative estimate of drug-likeness (QED) is 0.577. The van der Waals surface area contributed by atoms with Crippen molar-refractivity contribution in [2.24, 2.45) is 5.92 Å². The van der Waals surface area contributed by atoms with E-state index in [4.69, 9.17) is 0 Å². The molecule has 0 saturated carbocycles. The maximum absolute atomic E-state index is 3.24. The fourth-order valence-corrected chi connectivity index (χ4v) is 0.961. The smallest absolute Gasteiger partial charge is 0.0843 e. The Bertz CT molecular complexity index is 116. The van der Waals surface area contributed by atoms with E-state index in [1.807, 2.05) is 0 Å². The second kappa shape index (κ2) is 2.76. The van der Waals surface area contributed by atoms with Gasteiger partial charge in [0.05, 0.1) is 6.67 Å². The fraction of sp³-hybridized carbons (Fsp3) is 0.714. The molecule has 1 heterocycles. The monoisotopic (exact) mass is 126 g/mol. The van der Waals surface area contributed by atoms with E-state index < -0.39 is 0 Å². The van der Waals surface area contributed by atoms with Crippen molar-refractivity contribution in [3.05, 3.63) is 11.9 Å². The van der Waals surface area contributed by atoms with Crippen LogP contribution in [-0.4, -0.2) is 6.67 Å². The Kier molecular flexibility index (Phi) is 1.98. The van der Waals surface area contributed by atoms with Crippen LogP contribution in [0.3, 0.4) is 0 Å². The molecule has 0 spiro atoms. The van der Waals surface area contributed by atoms with E-state index in [2.05, 4.69) is 30.7 Å². The summed E-state index contributed by atoms with van der Waals surface area (Å²) in [5.41, 5.74) is 1.34. The van der Waals surface area contributed by atoms with Crippen LogP contribution in [0.4, 0.5) is 0 Å². The minimum absolute atomic E-state index is 0.753. The topological polar surface area (TPSA) is 24.1 Å². The maximum Gasteiger partial charge on any atom is 0.0843 e. The standard InChI is InChI=1S/C7H14N2/c1-6(2)3-7-4-8-5-9-7/h4,6,8-9H,3,5H2,1-2H3. The Labute approximate surface area is 56.3 Å². The van der Waals surface area contributed by atoms with Gasteiger partial charge in [0.15, 0.2) is 0 Å². The molecule has 1 aliphatic rings. The number of rotatable bonds is 2. The zero-order valence-corrected chi connectivity index (χ0v) is 6.07. The molecule has 0 aromatic carbocycles. The molecule has 2 heteroatoms. The van der Waals surface area contributed by atoms with Crippen molar-refractivity contribution < 1.29 is 0 Å². The zero-order valence-electron chi connectivity index (χ0n) is 6.07. The molecule has 52 valence electrons. The average Bonchev–Trinajstić information content (AvgIpc) is 2.15. The number of nitrogens with one attached hydrogen (secondary N) is 2. The first kappa shape index (κ1) is 6.46. The molecule has 0 saturated heterocycles. The summed E-state index contributed by atoms with van der Waals surface area (Å²) in [5, 5.41) is 6.34. The summed E-state index contributed by atoms with van der Waals surface area (Å²) in [6.45, 7) is 5.35. The van der Waals surface area contributed by atoms with Crippen LogP contribution < -0.4 is 10.6 Å². The normalized spacial score (nSPS) is 17.0. The van der Waals surface area contributed by atoms with Gasteiger partial charge >= 0.3 is 0 Å². The van der Waals surface area contributed by atoms with Gasteiger partial charge in [0, 0.05) is 11.9 Å². The number of hydrogen-bond acceptors (Lipinski definition) is 2. The van der Waals surface area contributed by atoms with Gasteiger partial charge in [0.25, 0.3) is 0 Å². The van der Waals surface area contributed by atoms with Crippen molar-refractivity contribution in [1.82, 2.24) is 10.6 Å². The predicted molar refractivity (Wildman–Crippen MR) is 38.7 cm³/mol. The second-order valence-electron chi connectivity index (χ2n) is 2.83. The summed E-state index contributed by atoms with van der Waals surface area (Å²) in [6.07, 6.45) is 3.22. The van der Waals surface area contributed by atoms with Crippen LogP contribution in [-0.2, 0) is 0 Å². The van der Waals surface area contributed by atoms with Crippen molar-refractivity contribution in [3.63, 3.8) is 0 Å². The Hall–Kier alpha value is -0.660. The lowest BCUT2D eigenvalue weighted by Crippen LogP contribution is -2.14. The van der Waals surface area contributed by atoms with E-state index in [9.17, 15) is 0 Å². The summed E-state index contributed by atoms with van der Waals surface area (Å²) in [6, 6.07) is 0. The van der Waals surface area contributed by atoms with Gasteiger partial charge in [-0.15, -0.1) is 0 Å². The fourth-order valence-electron chi connectivity index (χ4n) is 0.961. The van der Waals surface area contributed by atoms with E-state index in [1.54, 1.807) is 0 Å². The van der Waals surface area contributed by atoms with Crippen LogP contribution in [0.5, 0.6) is 0 Å². The third kappa shape index (κ3) is 1.96. The lowest BCUT2D eigenvalue weighted by molar-refractivity contribution is 0.615. The van der Waals surface area contributed by atoms with Crippen molar-refractivity contribution >= 4 is 0 Å². The molecule has 1 rings (SSSR count). The highest BCUT2D eigenvalue weighted by molar-refractivity contribution is 5.03. The first-order valence-electron chi connectivity index (χ1n) is 3.45. The van der Waals surface area contributed by atoms with Crippen molar-refractivity contribution in [2.75, 3.05) is 6.67 Å². The first-order chi connectivity index (χ1) is 4.29. The average molecular weight is 126 g/mol. The molecule has 0 aromatic rings. The molecule has 0 radical (unpaired) electrons. The molecule has 0 amide bonds. The summed E-state index contributed by atoms with van der Waals surface area (Å²) < 4.78 is 0. The van der Waals surface area contributed by atoms with Crippen molar-refractivity contribution in [1.29, 1.82) is 0 Å². The molecule has 0 bridgehead atoms. The summed E-state index contributed by atoms with van der Waals surface area (Å²) in [4.78, 5) is 0. The minimum Gasteiger partial charge on any atom is -0.372 e. The van der Waals surface area contributed by atoms with Crippen LogP contribution in [0.1, 0.15) is 20.3 Å². The molecule has 0 atom stereocenters. The summed E-state index contributed by atoms with van der Waals surface area (Å²) in [7, 11) is 0. The van der Waals surface area contributed by atoms with E-state index in [-0.39, 0.29) is 0 Å². The Balaban J connectivity index is 2.26. The zero-order chi connectivity index (χ0) is 6.69. The van der Waals surface area contributed by atoms with Gasteiger partial charge in [-0.3, -0.25) is 0 Å². The molecule has 0 fully saturated rings. The molecule has 0 aliphatic carbocycles. The molecule has 2 nitrogen and oxygen atoms in total. The Morgan fingerprint density at radius 3 is 2.89 bits per heavy atom. The molecular formula is C7H14N2. The van der Waals surface area contributed by atoms with Gasteiger partial charge in [0.2, 0.25) is 0 Å². The number of hydrogen-bond donors (Lipinski definition) is 2. The number of allylic oxidation sites excluding steroid dienone is 1. The summed E-state index contributed by atoms with van der Waals surface area (Å²) >= 11 is 0. The Morgan fingerprint density at radius 2 is 2.44 bits per heavy atom. The van der Waals surface area contributed by atoms with Gasteiger partial charge in [-0.05, 0) is 12.3 Å². The van der Waals surface area contributed by atoms with E-state index in [0.29, 0.717) is 0 Å². The van der Waals surface area contributed by atoms with Crippen LogP contribution >= 0.6 is 0 Å². The van der Waals surface area contributed by atoms with Gasteiger partial charge < -0.3 is 10.6 Å². The highest BCUT2D eigenvalue weighted by Crippen LogP contribution is 2.07. The molecule has 0 unspecified atom stereocenters. The minimum atomic E-state index is 0.753. The van der Waals surface area contributed by atoms with E-state index in [0.717, 1.165) is 19.0 Å². The highest BCUT2D eigenvalue weighted by atomic mass is 15.1. The predicted octanol–water partition coefficient (Wildman–Crippen LogP) is 1.02. The largest absolute Gasteiger partial charge is 0.372 e. The van der Waals surface area contributed by atoms with Crippen LogP contribution in [0.2, 0.25) is 0 Å². The summed E-state index contributed by atoms with van der Waals surface area (Å²) in [5.74, 6) is 0.753.